The van der Waals surface area contributed by atoms with Gasteiger partial charge >= 0.3 is 5.97 Å². The average molecular weight is 350 g/mol. The first kappa shape index (κ1) is 18.0. The number of rotatable bonds is 7. The van der Waals surface area contributed by atoms with Crippen molar-refractivity contribution in [2.45, 2.75) is 26.7 Å². The lowest BCUT2D eigenvalue weighted by Gasteiger charge is -2.11. The van der Waals surface area contributed by atoms with Crippen LogP contribution in [0, 0.1) is 12.8 Å². The van der Waals surface area contributed by atoms with E-state index in [0.29, 0.717) is 11.4 Å². The van der Waals surface area contributed by atoms with Crippen LogP contribution in [0.2, 0.25) is 5.02 Å². The number of halogens is 1. The molecule has 0 fully saturated rings. The first-order chi connectivity index (χ1) is 11.4. The molecule has 0 saturated carbocycles. The first-order valence-corrected chi connectivity index (χ1v) is 8.13. The van der Waals surface area contributed by atoms with Gasteiger partial charge in [0.1, 0.15) is 0 Å². The van der Waals surface area contributed by atoms with Gasteiger partial charge in [-0.2, -0.15) is 5.10 Å². The smallest absolute Gasteiger partial charge is 0.308 e. The Hall–Kier alpha value is -2.34. The molecule has 2 aromatic rings. The highest BCUT2D eigenvalue weighted by Gasteiger charge is 2.19. The van der Waals surface area contributed by atoms with Crippen molar-refractivity contribution >= 4 is 23.5 Å². The number of hydrogen-bond donors (Lipinski definition) is 2. The van der Waals surface area contributed by atoms with Crippen LogP contribution in [0.25, 0.3) is 5.69 Å². The normalized spacial score (nSPS) is 12.0. The summed E-state index contributed by atoms with van der Waals surface area (Å²) in [7, 11) is 0. The summed E-state index contributed by atoms with van der Waals surface area (Å²) in [4.78, 5) is 23.4. The van der Waals surface area contributed by atoms with Gasteiger partial charge in [-0.3, -0.25) is 9.59 Å². The number of benzene rings is 1. The lowest BCUT2D eigenvalue weighted by atomic mass is 10.0. The predicted octanol–water partition coefficient (Wildman–Crippen LogP) is 3.06. The molecule has 1 atom stereocenters. The lowest BCUT2D eigenvalue weighted by Crippen LogP contribution is -2.33. The molecule has 0 aliphatic rings. The minimum atomic E-state index is -0.905. The molecule has 7 heteroatoms. The Morgan fingerprint density at radius 3 is 2.75 bits per heavy atom. The van der Waals surface area contributed by atoms with Gasteiger partial charge in [0.25, 0.3) is 5.91 Å². The Morgan fingerprint density at radius 2 is 2.12 bits per heavy atom. The summed E-state index contributed by atoms with van der Waals surface area (Å²) in [6, 6.07) is 8.82. The molecule has 0 aliphatic carbocycles. The molecular formula is C17H20ClN3O3. The standard InChI is InChI=1S/C17H20ClN3O3/c1-3-5-12(17(23)24)10-19-16(22)15-8-11(2)21(20-15)14-7-4-6-13(18)9-14/h4,6-9,12H,3,5,10H2,1-2H3,(H,19,22)(H,23,24). The maximum Gasteiger partial charge on any atom is 0.308 e. The van der Waals surface area contributed by atoms with Crippen LogP contribution in [0.3, 0.4) is 0 Å². The van der Waals surface area contributed by atoms with Crippen LogP contribution in [0.5, 0.6) is 0 Å². The summed E-state index contributed by atoms with van der Waals surface area (Å²) in [6.45, 7) is 3.83. The second-order valence-corrected chi connectivity index (χ2v) is 6.03. The monoisotopic (exact) mass is 349 g/mol. The Morgan fingerprint density at radius 1 is 1.38 bits per heavy atom. The van der Waals surface area contributed by atoms with Crippen LogP contribution in [-0.4, -0.2) is 33.3 Å². The van der Waals surface area contributed by atoms with Gasteiger partial charge in [0.2, 0.25) is 0 Å². The number of amides is 1. The van der Waals surface area contributed by atoms with E-state index >= 15 is 0 Å². The maximum atomic E-state index is 12.2. The molecule has 1 aromatic carbocycles. The van der Waals surface area contributed by atoms with Crippen molar-refractivity contribution in [1.82, 2.24) is 15.1 Å². The van der Waals surface area contributed by atoms with E-state index < -0.39 is 11.9 Å². The highest BCUT2D eigenvalue weighted by Crippen LogP contribution is 2.17. The summed E-state index contributed by atoms with van der Waals surface area (Å²) >= 11 is 5.98. The molecule has 0 aliphatic heterocycles. The van der Waals surface area contributed by atoms with Crippen molar-refractivity contribution in [1.29, 1.82) is 0 Å². The average Bonchev–Trinajstić information content (AvgIpc) is 2.93. The van der Waals surface area contributed by atoms with Crippen molar-refractivity contribution in [2.75, 3.05) is 6.54 Å². The van der Waals surface area contributed by atoms with Gasteiger partial charge in [-0.15, -0.1) is 0 Å². The third-order valence-corrected chi connectivity index (χ3v) is 3.90. The van der Waals surface area contributed by atoms with Crippen molar-refractivity contribution in [3.63, 3.8) is 0 Å². The van der Waals surface area contributed by atoms with E-state index in [2.05, 4.69) is 10.4 Å². The SMILES string of the molecule is CCCC(CNC(=O)c1cc(C)n(-c2cccc(Cl)c2)n1)C(=O)O. The molecule has 2 N–H and O–H groups in total. The van der Waals surface area contributed by atoms with Crippen molar-refractivity contribution in [2.24, 2.45) is 5.92 Å². The Bertz CT molecular complexity index is 742. The molecule has 128 valence electrons. The molecule has 1 unspecified atom stereocenters. The van der Waals surface area contributed by atoms with E-state index in [-0.39, 0.29) is 18.1 Å². The molecule has 1 heterocycles. The van der Waals surface area contributed by atoms with E-state index in [1.54, 1.807) is 28.9 Å². The van der Waals surface area contributed by atoms with Crippen LogP contribution in [0.1, 0.15) is 35.9 Å². The number of carboxylic acids is 1. The first-order valence-electron chi connectivity index (χ1n) is 7.76. The van der Waals surface area contributed by atoms with Gasteiger partial charge in [0.15, 0.2) is 5.69 Å². The number of aryl methyl sites for hydroxylation is 1. The second-order valence-electron chi connectivity index (χ2n) is 5.60. The number of aliphatic carboxylic acids is 1. The Balaban J connectivity index is 2.11. The van der Waals surface area contributed by atoms with E-state index in [9.17, 15) is 9.59 Å². The lowest BCUT2D eigenvalue weighted by molar-refractivity contribution is -0.141. The van der Waals surface area contributed by atoms with Gasteiger partial charge in [-0.05, 0) is 37.6 Å². The summed E-state index contributed by atoms with van der Waals surface area (Å²) < 4.78 is 1.63. The van der Waals surface area contributed by atoms with Crippen LogP contribution in [0.4, 0.5) is 0 Å². The van der Waals surface area contributed by atoms with Gasteiger partial charge in [-0.1, -0.05) is 31.0 Å². The van der Waals surface area contributed by atoms with E-state index in [0.717, 1.165) is 17.8 Å². The highest BCUT2D eigenvalue weighted by atomic mass is 35.5. The minimum absolute atomic E-state index is 0.0884. The fraction of sp³-hybridized carbons (Fsp3) is 0.353. The molecular weight excluding hydrogens is 330 g/mol. The Kier molecular flexibility index (Phi) is 5.98. The molecule has 0 radical (unpaired) electrons. The van der Waals surface area contributed by atoms with Gasteiger partial charge in [0.05, 0.1) is 11.6 Å². The second kappa shape index (κ2) is 7.97. The van der Waals surface area contributed by atoms with E-state index in [4.69, 9.17) is 16.7 Å². The van der Waals surface area contributed by atoms with Crippen LogP contribution >= 0.6 is 11.6 Å². The van der Waals surface area contributed by atoms with Gasteiger partial charge in [-0.25, -0.2) is 4.68 Å². The third kappa shape index (κ3) is 4.35. The fourth-order valence-electron chi connectivity index (χ4n) is 2.42. The van der Waals surface area contributed by atoms with Gasteiger partial charge < -0.3 is 10.4 Å². The zero-order valence-electron chi connectivity index (χ0n) is 13.6. The molecule has 1 aromatic heterocycles. The summed E-state index contributed by atoms with van der Waals surface area (Å²) in [5.41, 5.74) is 1.78. The van der Waals surface area contributed by atoms with Crippen LogP contribution < -0.4 is 5.32 Å². The topological polar surface area (TPSA) is 84.2 Å². The van der Waals surface area contributed by atoms with Crippen LogP contribution in [-0.2, 0) is 4.79 Å². The highest BCUT2D eigenvalue weighted by molar-refractivity contribution is 6.30. The number of hydrogen-bond acceptors (Lipinski definition) is 3. The minimum Gasteiger partial charge on any atom is -0.481 e. The molecule has 6 nitrogen and oxygen atoms in total. The predicted molar refractivity (Wildman–Crippen MR) is 91.7 cm³/mol. The van der Waals surface area contributed by atoms with E-state index in [1.807, 2.05) is 19.9 Å². The third-order valence-electron chi connectivity index (χ3n) is 3.67. The van der Waals surface area contributed by atoms with Crippen molar-refractivity contribution < 1.29 is 14.7 Å². The van der Waals surface area contributed by atoms with Crippen LogP contribution in [0.15, 0.2) is 30.3 Å². The molecule has 0 spiro atoms. The molecule has 0 bridgehead atoms. The molecule has 0 saturated heterocycles. The maximum absolute atomic E-state index is 12.2. The molecule has 1 amide bonds. The number of carbonyl (C=O) groups is 2. The quantitative estimate of drug-likeness (QED) is 0.804. The summed E-state index contributed by atoms with van der Waals surface area (Å²) in [6.07, 6.45) is 1.26. The molecule has 2 rings (SSSR count). The number of aromatic nitrogens is 2. The molecule has 24 heavy (non-hydrogen) atoms. The number of carboxylic acid groups (broad SMARTS) is 1. The van der Waals surface area contributed by atoms with E-state index in [1.165, 1.54) is 0 Å². The zero-order chi connectivity index (χ0) is 17.7. The number of nitrogens with one attached hydrogen (secondary N) is 1. The van der Waals surface area contributed by atoms with Gasteiger partial charge in [0, 0.05) is 17.3 Å². The fourth-order valence-corrected chi connectivity index (χ4v) is 2.61. The summed E-state index contributed by atoms with van der Waals surface area (Å²) in [5, 5.41) is 16.6. The summed E-state index contributed by atoms with van der Waals surface area (Å²) in [5.74, 6) is -1.88. The largest absolute Gasteiger partial charge is 0.481 e. The van der Waals surface area contributed by atoms with Crippen molar-refractivity contribution in [3.8, 4) is 5.69 Å². The zero-order valence-corrected chi connectivity index (χ0v) is 14.4. The number of carbonyl (C=O) groups excluding carboxylic acids is 1. The van der Waals surface area contributed by atoms with Crippen molar-refractivity contribution in [3.05, 3.63) is 46.7 Å². The number of nitrogens with zero attached hydrogens (tertiary/aromatic N) is 2. The Labute approximate surface area is 145 Å².